The van der Waals surface area contributed by atoms with E-state index in [1.807, 2.05) is 36.7 Å². The third-order valence-corrected chi connectivity index (χ3v) is 5.42. The molecule has 1 fully saturated rings. The van der Waals surface area contributed by atoms with E-state index in [1.165, 1.54) is 0 Å². The van der Waals surface area contributed by atoms with Gasteiger partial charge in [-0.25, -0.2) is 0 Å². The number of rotatable bonds is 1. The number of ether oxygens (including phenoxy) is 1. The molecule has 4 rings (SSSR count). The van der Waals surface area contributed by atoms with Crippen molar-refractivity contribution >= 4 is 22.5 Å². The number of benzene rings is 1. The maximum absolute atomic E-state index is 12.9. The predicted molar refractivity (Wildman–Crippen MR) is 78.9 cm³/mol. The van der Waals surface area contributed by atoms with E-state index in [-0.39, 0.29) is 17.5 Å². The van der Waals surface area contributed by atoms with Gasteiger partial charge >= 0.3 is 0 Å². The number of carbonyl (C=O) groups is 2. The molecule has 0 unspecified atom stereocenters. The molecular weight excluding hydrogens is 266 g/mol. The first-order valence-electron chi connectivity index (χ1n) is 7.24. The molecule has 1 aromatic heterocycles. The molecule has 21 heavy (non-hydrogen) atoms. The zero-order valence-electron chi connectivity index (χ0n) is 12.4. The van der Waals surface area contributed by atoms with E-state index in [0.717, 1.165) is 28.6 Å². The van der Waals surface area contributed by atoms with E-state index in [4.69, 9.17) is 4.74 Å². The van der Waals surface area contributed by atoms with Crippen molar-refractivity contribution in [2.75, 3.05) is 7.11 Å². The van der Waals surface area contributed by atoms with Gasteiger partial charge < -0.3 is 9.30 Å². The van der Waals surface area contributed by atoms with Crippen LogP contribution >= 0.6 is 0 Å². The predicted octanol–water partition coefficient (Wildman–Crippen LogP) is 2.84. The average Bonchev–Trinajstić information content (AvgIpc) is 3.02. The van der Waals surface area contributed by atoms with Crippen molar-refractivity contribution in [1.82, 2.24) is 4.57 Å². The van der Waals surface area contributed by atoms with Gasteiger partial charge in [0.1, 0.15) is 11.5 Å². The quantitative estimate of drug-likeness (QED) is 0.756. The number of Topliss-reactive ketones (excluding diaryl/α,β-unsaturated/α-hetero) is 2. The third-order valence-electron chi connectivity index (χ3n) is 5.42. The summed E-state index contributed by atoms with van der Waals surface area (Å²) in [5.41, 5.74) is 1.93. The monoisotopic (exact) mass is 283 g/mol. The number of methoxy groups -OCH3 is 1. The molecule has 0 spiro atoms. The lowest BCUT2D eigenvalue weighted by molar-refractivity contribution is -0.123. The highest BCUT2D eigenvalue weighted by atomic mass is 16.5. The van der Waals surface area contributed by atoms with Gasteiger partial charge in [-0.15, -0.1) is 0 Å². The second kappa shape index (κ2) is 3.75. The summed E-state index contributed by atoms with van der Waals surface area (Å²) in [7, 11) is 3.54. The molecule has 4 nitrogen and oxygen atoms in total. The molecule has 0 bridgehead atoms. The molecule has 4 heteroatoms. The van der Waals surface area contributed by atoms with E-state index < -0.39 is 5.41 Å². The minimum atomic E-state index is -0.848. The molecule has 0 saturated heterocycles. The smallest absolute Gasteiger partial charge is 0.193 e. The number of aryl methyl sites for hydroxylation is 1. The Morgan fingerprint density at radius 2 is 2.10 bits per heavy atom. The molecule has 2 aliphatic rings. The maximum Gasteiger partial charge on any atom is 0.193 e. The molecule has 108 valence electrons. The van der Waals surface area contributed by atoms with Crippen LogP contribution in [0.2, 0.25) is 0 Å². The van der Waals surface area contributed by atoms with E-state index in [9.17, 15) is 9.59 Å². The number of hydrogen-bond acceptors (Lipinski definition) is 3. The minimum absolute atomic E-state index is 0.0114. The Hall–Kier alpha value is -2.10. The summed E-state index contributed by atoms with van der Waals surface area (Å²) in [4.78, 5) is 25.2. The van der Waals surface area contributed by atoms with Crippen molar-refractivity contribution in [2.24, 2.45) is 12.5 Å². The lowest BCUT2D eigenvalue weighted by Crippen LogP contribution is -2.32. The molecule has 0 amide bonds. The summed E-state index contributed by atoms with van der Waals surface area (Å²) in [6.07, 6.45) is 1.27. The molecule has 1 aromatic carbocycles. The maximum atomic E-state index is 12.9. The van der Waals surface area contributed by atoms with Gasteiger partial charge in [0.25, 0.3) is 0 Å². The molecule has 2 aromatic rings. The summed E-state index contributed by atoms with van der Waals surface area (Å²) >= 11 is 0. The Balaban J connectivity index is 2.08. The lowest BCUT2D eigenvalue weighted by Gasteiger charge is -2.21. The Morgan fingerprint density at radius 3 is 2.81 bits per heavy atom. The third kappa shape index (κ3) is 1.26. The van der Waals surface area contributed by atoms with Crippen LogP contribution < -0.4 is 4.74 Å². The van der Waals surface area contributed by atoms with Crippen LogP contribution in [0.25, 0.3) is 10.9 Å². The molecule has 0 radical (unpaired) electrons. The fourth-order valence-corrected chi connectivity index (χ4v) is 4.19. The van der Waals surface area contributed by atoms with Gasteiger partial charge in [-0.1, -0.05) is 0 Å². The van der Waals surface area contributed by atoms with Gasteiger partial charge in [-0.05, 0) is 37.1 Å². The van der Waals surface area contributed by atoms with E-state index >= 15 is 0 Å². The zero-order valence-corrected chi connectivity index (χ0v) is 12.4. The van der Waals surface area contributed by atoms with Gasteiger partial charge in [-0.2, -0.15) is 0 Å². The van der Waals surface area contributed by atoms with E-state index in [1.54, 1.807) is 7.11 Å². The summed E-state index contributed by atoms with van der Waals surface area (Å²) in [5.74, 6) is 0.872. The van der Waals surface area contributed by atoms with Crippen LogP contribution in [-0.2, 0) is 11.8 Å². The highest BCUT2D eigenvalue weighted by Gasteiger charge is 2.59. The van der Waals surface area contributed by atoms with Gasteiger partial charge in [0.05, 0.1) is 18.2 Å². The van der Waals surface area contributed by atoms with E-state index in [0.29, 0.717) is 12.1 Å². The molecule has 0 aliphatic heterocycles. The largest absolute Gasteiger partial charge is 0.497 e. The van der Waals surface area contributed by atoms with Crippen molar-refractivity contribution < 1.29 is 14.3 Å². The second-order valence-electron chi connectivity index (χ2n) is 6.25. The minimum Gasteiger partial charge on any atom is -0.497 e. The SMILES string of the molecule is COc1ccc2c(c1)c1c(n2C)C(=O)[C@@]2(C)C(=O)CC[C@@H]12. The standard InChI is InChI=1S/C17H17NO3/c1-17-11(5-7-13(17)19)14-10-8-9(21-3)4-6-12(10)18(2)15(14)16(17)20/h4,6,8,11H,5,7H2,1-3H3/t11-,17+/m0/s1. The van der Waals surface area contributed by atoms with Crippen molar-refractivity contribution in [3.8, 4) is 5.75 Å². The number of aromatic nitrogens is 1. The van der Waals surface area contributed by atoms with Crippen LogP contribution in [0.1, 0.15) is 41.7 Å². The first kappa shape index (κ1) is 12.6. The van der Waals surface area contributed by atoms with Crippen LogP contribution in [0.3, 0.4) is 0 Å². The number of carbonyl (C=O) groups excluding carboxylic acids is 2. The van der Waals surface area contributed by atoms with Crippen LogP contribution in [-0.4, -0.2) is 23.2 Å². The Kier molecular flexibility index (Phi) is 2.26. The summed E-state index contributed by atoms with van der Waals surface area (Å²) in [5, 5.41) is 1.05. The summed E-state index contributed by atoms with van der Waals surface area (Å²) in [6.45, 7) is 1.82. The van der Waals surface area contributed by atoms with Crippen molar-refractivity contribution in [3.05, 3.63) is 29.5 Å². The van der Waals surface area contributed by atoms with Crippen molar-refractivity contribution in [1.29, 1.82) is 0 Å². The Labute approximate surface area is 122 Å². The second-order valence-corrected chi connectivity index (χ2v) is 6.25. The Bertz CT molecular complexity index is 817. The van der Waals surface area contributed by atoms with Crippen molar-refractivity contribution in [2.45, 2.75) is 25.7 Å². The van der Waals surface area contributed by atoms with Gasteiger partial charge in [-0.3, -0.25) is 9.59 Å². The number of ketones is 2. The first-order valence-corrected chi connectivity index (χ1v) is 7.24. The molecular formula is C17H17NO3. The number of hydrogen-bond donors (Lipinski definition) is 0. The molecule has 2 atom stereocenters. The van der Waals surface area contributed by atoms with Crippen LogP contribution in [0, 0.1) is 5.41 Å². The zero-order chi connectivity index (χ0) is 14.9. The Morgan fingerprint density at radius 1 is 1.33 bits per heavy atom. The summed E-state index contributed by atoms with van der Waals surface area (Å²) < 4.78 is 7.25. The van der Waals surface area contributed by atoms with Crippen LogP contribution in [0.15, 0.2) is 18.2 Å². The highest BCUT2D eigenvalue weighted by molar-refractivity contribution is 6.21. The molecule has 0 N–H and O–H groups in total. The molecule has 1 heterocycles. The topological polar surface area (TPSA) is 48.3 Å². The van der Waals surface area contributed by atoms with Crippen LogP contribution in [0.5, 0.6) is 5.75 Å². The summed E-state index contributed by atoms with van der Waals surface area (Å²) in [6, 6.07) is 5.87. The van der Waals surface area contributed by atoms with Gasteiger partial charge in [0.15, 0.2) is 5.78 Å². The number of fused-ring (bicyclic) bond motifs is 5. The fraction of sp³-hybridized carbons (Fsp3) is 0.412. The lowest BCUT2D eigenvalue weighted by atomic mass is 9.78. The highest BCUT2D eigenvalue weighted by Crippen LogP contribution is 2.57. The first-order chi connectivity index (χ1) is 10.00. The normalized spacial score (nSPS) is 27.3. The van der Waals surface area contributed by atoms with Crippen LogP contribution in [0.4, 0.5) is 0 Å². The van der Waals surface area contributed by atoms with E-state index in [2.05, 4.69) is 0 Å². The molecule has 2 aliphatic carbocycles. The fourth-order valence-electron chi connectivity index (χ4n) is 4.19. The van der Waals surface area contributed by atoms with Crippen molar-refractivity contribution in [3.63, 3.8) is 0 Å². The average molecular weight is 283 g/mol. The van der Waals surface area contributed by atoms with Gasteiger partial charge in [0.2, 0.25) is 0 Å². The molecule has 1 saturated carbocycles. The van der Waals surface area contributed by atoms with Gasteiger partial charge in [0, 0.05) is 30.3 Å². The number of nitrogens with zero attached hydrogens (tertiary/aromatic N) is 1.